The van der Waals surface area contributed by atoms with Gasteiger partial charge < -0.3 is 15.4 Å². The molecule has 132 valence electrons. The Hall–Kier alpha value is -3.41. The van der Waals surface area contributed by atoms with Crippen molar-refractivity contribution in [1.29, 1.82) is 0 Å². The number of nitrogens with zero attached hydrogens (tertiary/aromatic N) is 2. The fourth-order valence-electron chi connectivity index (χ4n) is 2.38. The highest BCUT2D eigenvalue weighted by molar-refractivity contribution is 6.03. The number of amides is 1. The molecule has 2 N–H and O–H groups in total. The summed E-state index contributed by atoms with van der Waals surface area (Å²) < 4.78 is 5.14. The highest BCUT2D eigenvalue weighted by atomic mass is 16.5. The highest BCUT2D eigenvalue weighted by Crippen LogP contribution is 2.18. The number of hydrogen-bond acceptors (Lipinski definition) is 5. The standard InChI is InChI=1S/C20H20N4O2/c1-13-4-6-15(7-5-13)22-19(25)18-12-14(2)21-20(24-18)23-16-8-10-17(26-3)11-9-16/h4-12H,1-3H3,(H,22,25)(H,21,23,24). The number of anilines is 3. The molecule has 3 rings (SSSR count). The quantitative estimate of drug-likeness (QED) is 0.726. The van der Waals surface area contributed by atoms with Gasteiger partial charge in [-0.2, -0.15) is 0 Å². The number of carbonyl (C=O) groups excluding carboxylic acids is 1. The van der Waals surface area contributed by atoms with Crippen molar-refractivity contribution >= 4 is 23.2 Å². The summed E-state index contributed by atoms with van der Waals surface area (Å²) in [6.07, 6.45) is 0. The van der Waals surface area contributed by atoms with Gasteiger partial charge in [-0.3, -0.25) is 4.79 Å². The van der Waals surface area contributed by atoms with E-state index in [-0.39, 0.29) is 5.91 Å². The first-order valence-electron chi connectivity index (χ1n) is 8.18. The normalized spacial score (nSPS) is 10.3. The molecule has 6 nitrogen and oxygen atoms in total. The van der Waals surface area contributed by atoms with E-state index in [2.05, 4.69) is 20.6 Å². The van der Waals surface area contributed by atoms with E-state index < -0.39 is 0 Å². The summed E-state index contributed by atoms with van der Waals surface area (Å²) in [5.74, 6) is 0.847. The van der Waals surface area contributed by atoms with Crippen molar-refractivity contribution in [3.05, 3.63) is 71.5 Å². The number of methoxy groups -OCH3 is 1. The Morgan fingerprint density at radius 3 is 2.23 bits per heavy atom. The molecule has 0 aliphatic carbocycles. The van der Waals surface area contributed by atoms with Crippen LogP contribution in [0.25, 0.3) is 0 Å². The van der Waals surface area contributed by atoms with Gasteiger partial charge >= 0.3 is 0 Å². The van der Waals surface area contributed by atoms with E-state index in [1.54, 1.807) is 13.2 Å². The minimum Gasteiger partial charge on any atom is -0.497 e. The summed E-state index contributed by atoms with van der Waals surface area (Å²) in [6.45, 7) is 3.82. The predicted octanol–water partition coefficient (Wildman–Crippen LogP) is 4.10. The lowest BCUT2D eigenvalue weighted by atomic mass is 10.2. The van der Waals surface area contributed by atoms with Gasteiger partial charge in [-0.25, -0.2) is 9.97 Å². The number of benzene rings is 2. The second-order valence-corrected chi connectivity index (χ2v) is 5.89. The largest absolute Gasteiger partial charge is 0.497 e. The third kappa shape index (κ3) is 4.36. The van der Waals surface area contributed by atoms with Crippen LogP contribution in [-0.4, -0.2) is 23.0 Å². The van der Waals surface area contributed by atoms with Gasteiger partial charge in [0, 0.05) is 17.1 Å². The maximum Gasteiger partial charge on any atom is 0.274 e. The number of ether oxygens (including phenoxy) is 1. The van der Waals surface area contributed by atoms with E-state index in [9.17, 15) is 4.79 Å². The van der Waals surface area contributed by atoms with Gasteiger partial charge in [-0.1, -0.05) is 17.7 Å². The Bertz CT molecular complexity index is 906. The minimum absolute atomic E-state index is 0.280. The van der Waals surface area contributed by atoms with Gasteiger partial charge in [0.05, 0.1) is 7.11 Å². The highest BCUT2D eigenvalue weighted by Gasteiger charge is 2.11. The van der Waals surface area contributed by atoms with Gasteiger partial charge in [-0.15, -0.1) is 0 Å². The van der Waals surface area contributed by atoms with Crippen LogP contribution in [0.5, 0.6) is 5.75 Å². The van der Waals surface area contributed by atoms with Crippen molar-refractivity contribution in [1.82, 2.24) is 9.97 Å². The smallest absolute Gasteiger partial charge is 0.274 e. The molecular formula is C20H20N4O2. The first-order valence-corrected chi connectivity index (χ1v) is 8.18. The van der Waals surface area contributed by atoms with Crippen molar-refractivity contribution in [3.63, 3.8) is 0 Å². The van der Waals surface area contributed by atoms with Gasteiger partial charge in [0.25, 0.3) is 5.91 Å². The Morgan fingerprint density at radius 2 is 1.58 bits per heavy atom. The number of aromatic nitrogens is 2. The molecule has 1 amide bonds. The van der Waals surface area contributed by atoms with E-state index in [4.69, 9.17) is 4.74 Å². The molecule has 6 heteroatoms. The van der Waals surface area contributed by atoms with Crippen molar-refractivity contribution in [2.45, 2.75) is 13.8 Å². The number of hydrogen-bond donors (Lipinski definition) is 2. The van der Waals surface area contributed by atoms with Gasteiger partial charge in [0.1, 0.15) is 11.4 Å². The van der Waals surface area contributed by atoms with E-state index in [1.165, 1.54) is 0 Å². The molecule has 0 aliphatic heterocycles. The van der Waals surface area contributed by atoms with E-state index in [0.29, 0.717) is 17.3 Å². The summed E-state index contributed by atoms with van der Waals surface area (Å²) in [5, 5.41) is 5.95. The number of rotatable bonds is 5. The Labute approximate surface area is 152 Å². The SMILES string of the molecule is COc1ccc(Nc2nc(C)cc(C(=O)Nc3ccc(C)cc3)n2)cc1. The molecule has 1 heterocycles. The maximum absolute atomic E-state index is 12.5. The van der Waals surface area contributed by atoms with Crippen LogP contribution in [0.3, 0.4) is 0 Å². The van der Waals surface area contributed by atoms with Crippen LogP contribution in [0, 0.1) is 13.8 Å². The summed E-state index contributed by atoms with van der Waals surface area (Å²) in [4.78, 5) is 21.2. The Kier molecular flexibility index (Phi) is 5.12. The zero-order chi connectivity index (χ0) is 18.5. The number of nitrogens with one attached hydrogen (secondary N) is 2. The third-order valence-electron chi connectivity index (χ3n) is 3.74. The monoisotopic (exact) mass is 348 g/mol. The van der Waals surface area contributed by atoms with Crippen LogP contribution >= 0.6 is 0 Å². The van der Waals surface area contributed by atoms with Crippen LogP contribution in [0.2, 0.25) is 0 Å². The average Bonchev–Trinajstić information content (AvgIpc) is 2.64. The van der Waals surface area contributed by atoms with Gasteiger partial charge in [0.2, 0.25) is 5.95 Å². The molecule has 0 saturated carbocycles. The lowest BCUT2D eigenvalue weighted by molar-refractivity contribution is 0.102. The molecule has 26 heavy (non-hydrogen) atoms. The summed E-state index contributed by atoms with van der Waals surface area (Å²) >= 11 is 0. The molecule has 0 atom stereocenters. The van der Waals surface area contributed by atoms with Crippen molar-refractivity contribution in [3.8, 4) is 5.75 Å². The summed E-state index contributed by atoms with van der Waals surface area (Å²) in [6, 6.07) is 16.6. The predicted molar refractivity (Wildman–Crippen MR) is 102 cm³/mol. The molecule has 0 radical (unpaired) electrons. The maximum atomic E-state index is 12.5. The number of carbonyl (C=O) groups is 1. The van der Waals surface area contributed by atoms with E-state index >= 15 is 0 Å². The summed E-state index contributed by atoms with van der Waals surface area (Å²) in [5.41, 5.74) is 3.66. The minimum atomic E-state index is -0.280. The molecule has 0 aliphatic rings. The van der Waals surface area contributed by atoms with Crippen molar-refractivity contribution in [2.75, 3.05) is 17.7 Å². The molecule has 0 bridgehead atoms. The van der Waals surface area contributed by atoms with Crippen LogP contribution < -0.4 is 15.4 Å². The molecule has 3 aromatic rings. The Morgan fingerprint density at radius 1 is 0.923 bits per heavy atom. The topological polar surface area (TPSA) is 76.1 Å². The van der Waals surface area contributed by atoms with Crippen LogP contribution in [0.1, 0.15) is 21.7 Å². The van der Waals surface area contributed by atoms with Crippen LogP contribution in [-0.2, 0) is 0 Å². The molecular weight excluding hydrogens is 328 g/mol. The van der Waals surface area contributed by atoms with Gasteiger partial charge in [-0.05, 0) is 56.3 Å². The van der Waals surface area contributed by atoms with Gasteiger partial charge in [0.15, 0.2) is 0 Å². The van der Waals surface area contributed by atoms with Crippen molar-refractivity contribution < 1.29 is 9.53 Å². The fourth-order valence-corrected chi connectivity index (χ4v) is 2.38. The third-order valence-corrected chi connectivity index (χ3v) is 3.74. The first kappa shape index (κ1) is 17.4. The fraction of sp³-hybridized carbons (Fsp3) is 0.150. The van der Waals surface area contributed by atoms with E-state index in [0.717, 1.165) is 22.7 Å². The van der Waals surface area contributed by atoms with Crippen LogP contribution in [0.15, 0.2) is 54.6 Å². The zero-order valence-corrected chi connectivity index (χ0v) is 14.9. The lowest BCUT2D eigenvalue weighted by Gasteiger charge is -2.09. The molecule has 0 saturated heterocycles. The van der Waals surface area contributed by atoms with E-state index in [1.807, 2.05) is 62.4 Å². The first-order chi connectivity index (χ1) is 12.5. The van der Waals surface area contributed by atoms with Crippen LogP contribution in [0.4, 0.5) is 17.3 Å². The second-order valence-electron chi connectivity index (χ2n) is 5.89. The lowest BCUT2D eigenvalue weighted by Crippen LogP contribution is -2.15. The molecule has 0 fully saturated rings. The summed E-state index contributed by atoms with van der Waals surface area (Å²) in [7, 11) is 1.62. The average molecular weight is 348 g/mol. The zero-order valence-electron chi connectivity index (χ0n) is 14.9. The molecule has 1 aromatic heterocycles. The molecule has 0 unspecified atom stereocenters. The Balaban J connectivity index is 1.77. The second kappa shape index (κ2) is 7.65. The van der Waals surface area contributed by atoms with Crippen molar-refractivity contribution in [2.24, 2.45) is 0 Å². The molecule has 2 aromatic carbocycles. The number of aryl methyl sites for hydroxylation is 2. The molecule has 0 spiro atoms.